The van der Waals surface area contributed by atoms with Gasteiger partial charge in [-0.15, -0.1) is 11.3 Å². The minimum atomic E-state index is 0.937. The first-order valence-electron chi connectivity index (χ1n) is 6.27. The quantitative estimate of drug-likeness (QED) is 0.836. The van der Waals surface area contributed by atoms with E-state index in [0.717, 1.165) is 19.5 Å². The van der Waals surface area contributed by atoms with Gasteiger partial charge in [-0.25, -0.2) is 4.98 Å². The van der Waals surface area contributed by atoms with Crippen molar-refractivity contribution in [2.45, 2.75) is 13.0 Å². The monoisotopic (exact) mass is 254 g/mol. The summed E-state index contributed by atoms with van der Waals surface area (Å²) in [5.74, 6) is 0. The van der Waals surface area contributed by atoms with Gasteiger partial charge in [0.2, 0.25) is 0 Å². The van der Waals surface area contributed by atoms with Crippen LogP contribution >= 0.6 is 11.3 Å². The number of hydrogen-bond acceptors (Lipinski definition) is 5. The van der Waals surface area contributed by atoms with Crippen molar-refractivity contribution < 1.29 is 0 Å². The zero-order valence-electron chi connectivity index (χ0n) is 10.8. The zero-order valence-corrected chi connectivity index (χ0v) is 11.6. The van der Waals surface area contributed by atoms with Crippen LogP contribution in [0.2, 0.25) is 0 Å². The van der Waals surface area contributed by atoms with E-state index in [9.17, 15) is 0 Å². The molecule has 0 aromatic carbocycles. The highest BCUT2D eigenvalue weighted by Crippen LogP contribution is 2.13. The standard InChI is InChI=1S/C12H22N4S/c1-13-9-11-10-14-12(17-11)3-4-16-7-5-15(2)6-8-16/h10,13H,3-9H2,1-2H3. The summed E-state index contributed by atoms with van der Waals surface area (Å²) < 4.78 is 0. The normalized spacial score (nSPS) is 18.7. The van der Waals surface area contributed by atoms with Gasteiger partial charge in [0.15, 0.2) is 0 Å². The number of aromatic nitrogens is 1. The van der Waals surface area contributed by atoms with E-state index in [4.69, 9.17) is 0 Å². The number of piperazine rings is 1. The summed E-state index contributed by atoms with van der Waals surface area (Å²) >= 11 is 1.84. The summed E-state index contributed by atoms with van der Waals surface area (Å²) in [5.41, 5.74) is 0. The van der Waals surface area contributed by atoms with Crippen molar-refractivity contribution in [2.24, 2.45) is 0 Å². The molecule has 4 nitrogen and oxygen atoms in total. The number of hydrogen-bond donors (Lipinski definition) is 1. The Balaban J connectivity index is 1.73. The van der Waals surface area contributed by atoms with Gasteiger partial charge in [-0.2, -0.15) is 0 Å². The lowest BCUT2D eigenvalue weighted by Crippen LogP contribution is -2.45. The van der Waals surface area contributed by atoms with E-state index in [1.54, 1.807) is 0 Å². The molecule has 0 saturated carbocycles. The Hall–Kier alpha value is -0.490. The molecule has 1 aliphatic heterocycles. The van der Waals surface area contributed by atoms with Crippen LogP contribution in [0.15, 0.2) is 6.20 Å². The van der Waals surface area contributed by atoms with Gasteiger partial charge < -0.3 is 15.1 Å². The van der Waals surface area contributed by atoms with Gasteiger partial charge in [-0.05, 0) is 14.1 Å². The molecule has 1 N–H and O–H groups in total. The van der Waals surface area contributed by atoms with Crippen LogP contribution < -0.4 is 5.32 Å². The molecule has 2 rings (SSSR count). The number of rotatable bonds is 5. The Kier molecular flexibility index (Phi) is 4.91. The molecule has 1 fully saturated rings. The van der Waals surface area contributed by atoms with E-state index in [0.29, 0.717) is 0 Å². The molecule has 2 heterocycles. The van der Waals surface area contributed by atoms with E-state index in [2.05, 4.69) is 27.1 Å². The van der Waals surface area contributed by atoms with Crippen LogP contribution in [0.4, 0.5) is 0 Å². The maximum Gasteiger partial charge on any atom is 0.0940 e. The van der Waals surface area contributed by atoms with Gasteiger partial charge in [0, 0.05) is 56.8 Å². The van der Waals surface area contributed by atoms with E-state index < -0.39 is 0 Å². The molecule has 5 heteroatoms. The molecular weight excluding hydrogens is 232 g/mol. The van der Waals surface area contributed by atoms with Crippen molar-refractivity contribution in [3.63, 3.8) is 0 Å². The third-order valence-corrected chi connectivity index (χ3v) is 4.25. The van der Waals surface area contributed by atoms with Crippen LogP contribution in [0, 0.1) is 0 Å². The van der Waals surface area contributed by atoms with Crippen LogP contribution in [0.3, 0.4) is 0 Å². The molecule has 1 saturated heterocycles. The molecule has 0 atom stereocenters. The van der Waals surface area contributed by atoms with Crippen molar-refractivity contribution in [1.29, 1.82) is 0 Å². The maximum absolute atomic E-state index is 4.48. The Morgan fingerprint density at radius 3 is 2.82 bits per heavy atom. The van der Waals surface area contributed by atoms with Crippen LogP contribution in [-0.2, 0) is 13.0 Å². The third-order valence-electron chi connectivity index (χ3n) is 3.19. The fourth-order valence-corrected chi connectivity index (χ4v) is 2.97. The van der Waals surface area contributed by atoms with Gasteiger partial charge in [0.05, 0.1) is 5.01 Å². The minimum Gasteiger partial charge on any atom is -0.315 e. The van der Waals surface area contributed by atoms with Crippen molar-refractivity contribution >= 4 is 11.3 Å². The summed E-state index contributed by atoms with van der Waals surface area (Å²) in [6, 6.07) is 0. The lowest BCUT2D eigenvalue weighted by atomic mass is 10.3. The average Bonchev–Trinajstić information content (AvgIpc) is 2.77. The van der Waals surface area contributed by atoms with Crippen molar-refractivity contribution in [2.75, 3.05) is 46.8 Å². The molecule has 0 unspecified atom stereocenters. The maximum atomic E-state index is 4.48. The predicted molar refractivity (Wildman–Crippen MR) is 72.5 cm³/mol. The molecule has 0 aliphatic carbocycles. The van der Waals surface area contributed by atoms with Crippen LogP contribution in [-0.4, -0.2) is 61.6 Å². The molecule has 0 bridgehead atoms. The highest BCUT2D eigenvalue weighted by Gasteiger charge is 2.13. The number of thiazole rings is 1. The molecule has 0 radical (unpaired) electrons. The Morgan fingerprint density at radius 2 is 2.12 bits per heavy atom. The Labute approximate surface area is 108 Å². The molecule has 1 aliphatic rings. The van der Waals surface area contributed by atoms with E-state index in [-0.39, 0.29) is 0 Å². The summed E-state index contributed by atoms with van der Waals surface area (Å²) in [4.78, 5) is 10.7. The van der Waals surface area contributed by atoms with Gasteiger partial charge in [-0.3, -0.25) is 0 Å². The van der Waals surface area contributed by atoms with Gasteiger partial charge >= 0.3 is 0 Å². The second kappa shape index (κ2) is 6.44. The first-order chi connectivity index (χ1) is 8.28. The Morgan fingerprint density at radius 1 is 1.35 bits per heavy atom. The van der Waals surface area contributed by atoms with Crippen LogP contribution in [0.5, 0.6) is 0 Å². The molecule has 0 amide bonds. The van der Waals surface area contributed by atoms with E-state index in [1.807, 2.05) is 24.6 Å². The average molecular weight is 254 g/mol. The summed E-state index contributed by atoms with van der Waals surface area (Å²) in [7, 11) is 4.17. The smallest absolute Gasteiger partial charge is 0.0940 e. The van der Waals surface area contributed by atoms with Crippen molar-refractivity contribution in [1.82, 2.24) is 20.1 Å². The van der Waals surface area contributed by atoms with Crippen molar-refractivity contribution in [3.05, 3.63) is 16.1 Å². The van der Waals surface area contributed by atoms with Gasteiger partial charge in [0.1, 0.15) is 0 Å². The van der Waals surface area contributed by atoms with Crippen molar-refractivity contribution in [3.8, 4) is 0 Å². The van der Waals surface area contributed by atoms with Crippen LogP contribution in [0.25, 0.3) is 0 Å². The summed E-state index contributed by atoms with van der Waals surface area (Å²) in [5, 5.41) is 4.43. The topological polar surface area (TPSA) is 31.4 Å². The Bertz CT molecular complexity index is 331. The summed E-state index contributed by atoms with van der Waals surface area (Å²) in [6.07, 6.45) is 3.10. The highest BCUT2D eigenvalue weighted by molar-refractivity contribution is 7.11. The lowest BCUT2D eigenvalue weighted by Gasteiger charge is -2.32. The van der Waals surface area contributed by atoms with Crippen LogP contribution in [0.1, 0.15) is 9.88 Å². The third kappa shape index (κ3) is 4.03. The second-order valence-corrected chi connectivity index (χ2v) is 5.85. The molecule has 17 heavy (non-hydrogen) atoms. The summed E-state index contributed by atoms with van der Waals surface area (Å²) in [6.45, 7) is 6.88. The lowest BCUT2D eigenvalue weighted by molar-refractivity contribution is 0.155. The molecule has 0 spiro atoms. The molecule has 1 aromatic heterocycles. The highest BCUT2D eigenvalue weighted by atomic mass is 32.1. The minimum absolute atomic E-state index is 0.937. The van der Waals surface area contributed by atoms with Gasteiger partial charge in [0.25, 0.3) is 0 Å². The number of nitrogens with zero attached hydrogens (tertiary/aromatic N) is 3. The second-order valence-electron chi connectivity index (χ2n) is 4.65. The fourth-order valence-electron chi connectivity index (χ4n) is 2.04. The van der Waals surface area contributed by atoms with E-state index >= 15 is 0 Å². The zero-order chi connectivity index (χ0) is 12.1. The first kappa shape index (κ1) is 13.0. The molecular formula is C12H22N4S. The molecule has 96 valence electrons. The number of likely N-dealkylation sites (N-methyl/N-ethyl adjacent to an activating group) is 1. The largest absolute Gasteiger partial charge is 0.315 e. The number of nitrogens with one attached hydrogen (secondary N) is 1. The van der Waals surface area contributed by atoms with E-state index in [1.165, 1.54) is 36.1 Å². The fraction of sp³-hybridized carbons (Fsp3) is 0.750. The van der Waals surface area contributed by atoms with Gasteiger partial charge in [-0.1, -0.05) is 0 Å². The molecule has 1 aromatic rings. The first-order valence-corrected chi connectivity index (χ1v) is 7.08. The SMILES string of the molecule is CNCc1cnc(CCN2CCN(C)CC2)s1. The predicted octanol–water partition coefficient (Wildman–Crippen LogP) is 0.652.